The molecule has 0 bridgehead atoms. The molecule has 0 aliphatic carbocycles. The molecule has 2 aromatic rings. The first kappa shape index (κ1) is 20.0. The Hall–Kier alpha value is -0.720. The predicted octanol–water partition coefficient (Wildman–Crippen LogP) is 5.36. The second-order valence-electron chi connectivity index (χ2n) is 7.53. The van der Waals surface area contributed by atoms with Crippen LogP contribution in [0, 0.1) is 5.92 Å². The molecule has 0 saturated carbocycles. The molecule has 1 heterocycles. The molecule has 2 unspecified atom stereocenters. The van der Waals surface area contributed by atoms with Crippen molar-refractivity contribution in [1.82, 2.24) is 0 Å². The van der Waals surface area contributed by atoms with E-state index in [2.05, 4.69) is 35.0 Å². The first-order valence-electron chi connectivity index (χ1n) is 8.55. The normalized spacial score (nSPS) is 21.8. The van der Waals surface area contributed by atoms with Crippen LogP contribution in [0.4, 0.5) is 0 Å². The first-order valence-corrected chi connectivity index (χ1v) is 10.9. The fourth-order valence-corrected chi connectivity index (χ4v) is 4.81. The zero-order valence-electron chi connectivity index (χ0n) is 15.1. The van der Waals surface area contributed by atoms with Crippen LogP contribution in [-0.2, 0) is 23.4 Å². The van der Waals surface area contributed by atoms with Crippen molar-refractivity contribution in [3.05, 3.63) is 63.1 Å². The number of hydrogen-bond donors (Lipinski definition) is 1. The summed E-state index contributed by atoms with van der Waals surface area (Å²) >= 11 is 8.49. The Balaban J connectivity index is 2.05. The minimum atomic E-state index is -1.42. The average Bonchev–Trinajstić information content (AvgIpc) is 3.00. The van der Waals surface area contributed by atoms with Gasteiger partial charge in [0.05, 0.1) is 5.02 Å². The van der Waals surface area contributed by atoms with E-state index in [-0.39, 0.29) is 5.92 Å². The van der Waals surface area contributed by atoms with Gasteiger partial charge in [-0.15, -0.1) is 0 Å². The summed E-state index contributed by atoms with van der Waals surface area (Å²) in [4.78, 5) is 0. The number of rotatable bonds is 5. The van der Waals surface area contributed by atoms with E-state index in [4.69, 9.17) is 21.5 Å². The van der Waals surface area contributed by atoms with Crippen molar-refractivity contribution in [1.29, 1.82) is 0 Å². The number of halogens is 2. The Bertz CT molecular complexity index is 800. The molecular weight excluding hydrogens is 434 g/mol. The minimum Gasteiger partial charge on any atom is -0.598 e. The van der Waals surface area contributed by atoms with Crippen molar-refractivity contribution in [2.75, 3.05) is 0 Å². The van der Waals surface area contributed by atoms with Crippen LogP contribution >= 0.6 is 27.5 Å². The zero-order chi connectivity index (χ0) is 19.1. The maximum absolute atomic E-state index is 12.0. The van der Waals surface area contributed by atoms with Crippen LogP contribution in [0.15, 0.2) is 46.9 Å². The lowest BCUT2D eigenvalue weighted by Crippen LogP contribution is -2.46. The summed E-state index contributed by atoms with van der Waals surface area (Å²) in [6.45, 7) is 6.02. The first-order chi connectivity index (χ1) is 12.2. The molecule has 1 aliphatic heterocycles. The number of fused-ring (bicyclic) bond motifs is 1. The average molecular weight is 457 g/mol. The van der Waals surface area contributed by atoms with E-state index in [1.165, 1.54) is 0 Å². The third kappa shape index (κ3) is 3.52. The molecule has 2 N–H and O–H groups in total. The summed E-state index contributed by atoms with van der Waals surface area (Å²) in [5.74, 6) is 0.925. The van der Waals surface area contributed by atoms with E-state index in [0.717, 1.165) is 21.3 Å². The lowest BCUT2D eigenvalue weighted by Gasteiger charge is -2.38. The minimum absolute atomic E-state index is 0.0884. The van der Waals surface area contributed by atoms with Gasteiger partial charge < -0.3 is 9.29 Å². The molecule has 0 fully saturated rings. The predicted molar refractivity (Wildman–Crippen MR) is 112 cm³/mol. The van der Waals surface area contributed by atoms with E-state index in [9.17, 15) is 4.55 Å². The molecule has 3 nitrogen and oxygen atoms in total. The number of ether oxygens (including phenoxy) is 1. The van der Waals surface area contributed by atoms with Gasteiger partial charge in [0.25, 0.3) is 0 Å². The topological polar surface area (TPSA) is 58.3 Å². The van der Waals surface area contributed by atoms with Crippen LogP contribution in [0.5, 0.6) is 5.75 Å². The van der Waals surface area contributed by atoms with Gasteiger partial charge in [-0.25, -0.2) is 0 Å². The molecule has 140 valence electrons. The summed E-state index contributed by atoms with van der Waals surface area (Å²) < 4.78 is 18.9. The summed E-state index contributed by atoms with van der Waals surface area (Å²) in [7, 11) is 0. The van der Waals surface area contributed by atoms with Crippen LogP contribution in [-0.4, -0.2) is 9.30 Å². The van der Waals surface area contributed by atoms with Crippen LogP contribution in [0.1, 0.15) is 38.3 Å². The van der Waals surface area contributed by atoms with E-state index in [0.29, 0.717) is 17.9 Å². The van der Waals surface area contributed by atoms with E-state index in [1.807, 2.05) is 44.2 Å². The fraction of sp³-hybridized carbons (Fsp3) is 0.400. The molecule has 26 heavy (non-hydrogen) atoms. The molecule has 3 rings (SSSR count). The molecule has 2 aromatic carbocycles. The van der Waals surface area contributed by atoms with Crippen LogP contribution in [0.2, 0.25) is 5.02 Å². The molecule has 0 aromatic heterocycles. The zero-order valence-corrected chi connectivity index (χ0v) is 18.2. The van der Waals surface area contributed by atoms with Gasteiger partial charge in [0.2, 0.25) is 0 Å². The van der Waals surface area contributed by atoms with Gasteiger partial charge in [-0.3, -0.25) is 0 Å². The van der Waals surface area contributed by atoms with Crippen molar-refractivity contribution in [2.45, 2.75) is 44.0 Å². The van der Waals surface area contributed by atoms with Crippen LogP contribution in [0.3, 0.4) is 0 Å². The Morgan fingerprint density at radius 1 is 1.31 bits per heavy atom. The van der Waals surface area contributed by atoms with E-state index >= 15 is 0 Å². The summed E-state index contributed by atoms with van der Waals surface area (Å²) in [6, 6.07) is 14.0. The summed E-state index contributed by atoms with van der Waals surface area (Å²) in [6.07, 6.45) is 1.37. The molecule has 0 spiro atoms. The Labute approximate surface area is 171 Å². The highest BCUT2D eigenvalue weighted by atomic mass is 79.9. The van der Waals surface area contributed by atoms with Gasteiger partial charge in [0.15, 0.2) is 0 Å². The van der Waals surface area contributed by atoms with Crippen molar-refractivity contribution >= 4 is 38.9 Å². The molecule has 3 atom stereocenters. The van der Waals surface area contributed by atoms with Crippen LogP contribution < -0.4 is 9.88 Å². The SMILES string of the molecule is CC(CC(C)(C)[S+](N)[O-])[C@]1(c2ccccc2)Cc2c(ccc(Cl)c2Br)O1. The molecule has 0 saturated heterocycles. The van der Waals surface area contributed by atoms with E-state index in [1.54, 1.807) is 0 Å². The number of benzene rings is 2. The van der Waals surface area contributed by atoms with E-state index < -0.39 is 21.7 Å². The molecule has 0 amide bonds. The Morgan fingerprint density at radius 3 is 2.58 bits per heavy atom. The van der Waals surface area contributed by atoms with Crippen molar-refractivity contribution in [3.63, 3.8) is 0 Å². The highest BCUT2D eigenvalue weighted by Crippen LogP contribution is 2.51. The number of hydrogen-bond acceptors (Lipinski definition) is 3. The lowest BCUT2D eigenvalue weighted by molar-refractivity contribution is 0.0250. The largest absolute Gasteiger partial charge is 0.598 e. The van der Waals surface area contributed by atoms with Crippen LogP contribution in [0.25, 0.3) is 0 Å². The Kier molecular flexibility index (Phi) is 5.67. The van der Waals surface area contributed by atoms with Gasteiger partial charge in [-0.1, -0.05) is 48.9 Å². The molecule has 6 heteroatoms. The van der Waals surface area contributed by atoms with Gasteiger partial charge in [0.1, 0.15) is 16.1 Å². The fourth-order valence-electron chi connectivity index (χ4n) is 3.76. The standard InChI is InChI=1S/C20H23BrClNO2S/c1-13(11-19(2,3)26(23)24)20(14-7-5-4-6-8-14)12-15-17(25-20)10-9-16(22)18(15)21/h4-10,13H,11-12,23H2,1-3H3/t13?,20-,26?/m0/s1. The highest BCUT2D eigenvalue weighted by Gasteiger charge is 2.49. The molecular formula is C20H23BrClNO2S. The third-order valence-corrected chi connectivity index (χ3v) is 7.99. The van der Waals surface area contributed by atoms with Gasteiger partial charge in [-0.05, 0) is 47.5 Å². The summed E-state index contributed by atoms with van der Waals surface area (Å²) in [5.41, 5.74) is 1.62. The lowest BCUT2D eigenvalue weighted by atomic mass is 9.75. The highest BCUT2D eigenvalue weighted by molar-refractivity contribution is 9.10. The molecule has 0 radical (unpaired) electrons. The molecule has 1 aliphatic rings. The van der Waals surface area contributed by atoms with Crippen molar-refractivity contribution in [2.24, 2.45) is 11.1 Å². The quantitative estimate of drug-likeness (QED) is 0.616. The van der Waals surface area contributed by atoms with Gasteiger partial charge >= 0.3 is 0 Å². The van der Waals surface area contributed by atoms with Crippen molar-refractivity contribution < 1.29 is 9.29 Å². The third-order valence-electron chi connectivity index (χ3n) is 5.29. The maximum Gasteiger partial charge on any atom is 0.141 e. The summed E-state index contributed by atoms with van der Waals surface area (Å²) in [5, 5.41) is 6.41. The monoisotopic (exact) mass is 455 g/mol. The van der Waals surface area contributed by atoms with Gasteiger partial charge in [0, 0.05) is 40.2 Å². The van der Waals surface area contributed by atoms with Gasteiger partial charge in [-0.2, -0.15) is 5.14 Å². The number of nitrogens with two attached hydrogens (primary N) is 1. The second kappa shape index (κ2) is 7.36. The smallest absolute Gasteiger partial charge is 0.141 e. The Morgan fingerprint density at radius 2 is 1.96 bits per heavy atom. The maximum atomic E-state index is 12.0. The van der Waals surface area contributed by atoms with Crippen molar-refractivity contribution in [3.8, 4) is 5.75 Å². The second-order valence-corrected chi connectivity index (χ2v) is 10.4.